The van der Waals surface area contributed by atoms with Crippen LogP contribution in [0, 0.1) is 0 Å². The Hall–Kier alpha value is -1.34. The van der Waals surface area contributed by atoms with Crippen LogP contribution < -0.4 is 0 Å². The number of hydrogen-bond acceptors (Lipinski definition) is 5. The van der Waals surface area contributed by atoms with Gasteiger partial charge in [-0.1, -0.05) is 30.3 Å². The Morgan fingerprint density at radius 1 is 1.28 bits per heavy atom. The summed E-state index contributed by atoms with van der Waals surface area (Å²) in [4.78, 5) is 18.8. The van der Waals surface area contributed by atoms with Crippen molar-refractivity contribution < 1.29 is 14.6 Å². The second kappa shape index (κ2) is 9.21. The topological polar surface area (TPSA) is 53.0 Å². The molecular weight excluding hydrogens is 384 g/mol. The molecule has 1 spiro atoms. The summed E-state index contributed by atoms with van der Waals surface area (Å²) in [6, 6.07) is 8.52. The van der Waals surface area contributed by atoms with Crippen LogP contribution in [0.1, 0.15) is 37.3 Å². The van der Waals surface area contributed by atoms with Gasteiger partial charge in [-0.15, -0.1) is 11.8 Å². The van der Waals surface area contributed by atoms with Gasteiger partial charge in [0.25, 0.3) is 0 Å². The number of hydrogen-bond donors (Lipinski definition) is 1. The van der Waals surface area contributed by atoms with Gasteiger partial charge in [-0.05, 0) is 48.6 Å². The standard InChI is InChI=1S/C23H32N2O3S/c1-18-5-6-21(29-18)22(27)25-12-14-28-23(17-25)8-10-24(11-9-23)16-20-4-2-3-19(15-20)7-13-26/h2-5,15,21,26H,6-14,16-17H2,1H3. The Morgan fingerprint density at radius 2 is 2.07 bits per heavy atom. The van der Waals surface area contributed by atoms with Crippen molar-refractivity contribution in [3.63, 3.8) is 0 Å². The molecule has 3 aliphatic rings. The van der Waals surface area contributed by atoms with Crippen molar-refractivity contribution in [2.24, 2.45) is 0 Å². The average molecular weight is 417 g/mol. The molecule has 1 aromatic rings. The molecule has 0 aromatic heterocycles. The number of thioether (sulfide) groups is 1. The summed E-state index contributed by atoms with van der Waals surface area (Å²) in [5.74, 6) is 0.286. The normalized spacial score (nSPS) is 24.7. The highest BCUT2D eigenvalue weighted by molar-refractivity contribution is 8.04. The summed E-state index contributed by atoms with van der Waals surface area (Å²) < 4.78 is 6.25. The van der Waals surface area contributed by atoms with E-state index in [4.69, 9.17) is 9.84 Å². The lowest BCUT2D eigenvalue weighted by Gasteiger charge is -2.47. The number of carbonyl (C=O) groups is 1. The Bertz CT molecular complexity index is 758. The smallest absolute Gasteiger partial charge is 0.236 e. The summed E-state index contributed by atoms with van der Waals surface area (Å²) in [7, 11) is 0. The molecule has 29 heavy (non-hydrogen) atoms. The fraction of sp³-hybridized carbons (Fsp3) is 0.609. The van der Waals surface area contributed by atoms with E-state index in [9.17, 15) is 4.79 Å². The average Bonchev–Trinajstić information content (AvgIpc) is 3.16. The Morgan fingerprint density at radius 3 is 2.79 bits per heavy atom. The van der Waals surface area contributed by atoms with Crippen LogP contribution in [0.2, 0.25) is 0 Å². The van der Waals surface area contributed by atoms with Gasteiger partial charge in [0, 0.05) is 39.3 Å². The van der Waals surface area contributed by atoms with Crippen LogP contribution in [0.3, 0.4) is 0 Å². The van der Waals surface area contributed by atoms with Gasteiger partial charge in [0.1, 0.15) is 0 Å². The minimum atomic E-state index is -0.172. The summed E-state index contributed by atoms with van der Waals surface area (Å²) in [6.07, 6.45) is 5.70. The first kappa shape index (κ1) is 20.9. The minimum absolute atomic E-state index is 0.0661. The van der Waals surface area contributed by atoms with Crippen LogP contribution in [0.4, 0.5) is 0 Å². The molecule has 1 aromatic carbocycles. The number of benzene rings is 1. The number of likely N-dealkylation sites (tertiary alicyclic amines) is 1. The molecule has 0 aliphatic carbocycles. The Kier molecular flexibility index (Phi) is 6.64. The van der Waals surface area contributed by atoms with Gasteiger partial charge in [0.05, 0.1) is 17.5 Å². The third-order valence-corrected chi connectivity index (χ3v) is 7.57. The van der Waals surface area contributed by atoms with Gasteiger partial charge in [-0.3, -0.25) is 9.69 Å². The zero-order valence-corrected chi connectivity index (χ0v) is 18.1. The van der Waals surface area contributed by atoms with Crippen molar-refractivity contribution in [3.8, 4) is 0 Å². The molecule has 2 saturated heterocycles. The van der Waals surface area contributed by atoms with Crippen LogP contribution in [0.25, 0.3) is 0 Å². The first-order valence-corrected chi connectivity index (χ1v) is 11.6. The number of aliphatic hydroxyl groups excluding tert-OH is 1. The molecule has 6 heteroatoms. The maximum absolute atomic E-state index is 13.0. The van der Waals surface area contributed by atoms with Gasteiger partial charge in [-0.2, -0.15) is 0 Å². The highest BCUT2D eigenvalue weighted by Crippen LogP contribution is 2.35. The molecule has 4 rings (SSSR count). The first-order chi connectivity index (χ1) is 14.1. The number of aliphatic hydroxyl groups is 1. The van der Waals surface area contributed by atoms with Gasteiger partial charge < -0.3 is 14.7 Å². The quantitative estimate of drug-likeness (QED) is 0.800. The van der Waals surface area contributed by atoms with Gasteiger partial charge in [0.2, 0.25) is 5.91 Å². The third-order valence-electron chi connectivity index (χ3n) is 6.35. The second-order valence-electron chi connectivity index (χ2n) is 8.52. The predicted octanol–water partition coefficient (Wildman–Crippen LogP) is 2.82. The van der Waals surface area contributed by atoms with Gasteiger partial charge >= 0.3 is 0 Å². The summed E-state index contributed by atoms with van der Waals surface area (Å²) in [5.41, 5.74) is 2.32. The summed E-state index contributed by atoms with van der Waals surface area (Å²) >= 11 is 1.71. The number of morpholine rings is 1. The molecule has 1 amide bonds. The van der Waals surface area contributed by atoms with E-state index < -0.39 is 0 Å². The van der Waals surface area contributed by atoms with E-state index in [0.717, 1.165) is 52.0 Å². The number of ether oxygens (including phenoxy) is 1. The maximum atomic E-state index is 13.0. The monoisotopic (exact) mass is 416 g/mol. The fourth-order valence-electron chi connectivity index (χ4n) is 4.67. The van der Waals surface area contributed by atoms with E-state index in [1.165, 1.54) is 16.0 Å². The predicted molar refractivity (Wildman–Crippen MR) is 117 cm³/mol. The number of rotatable bonds is 5. The molecule has 0 radical (unpaired) electrons. The van der Waals surface area contributed by atoms with Crippen molar-refractivity contribution in [1.29, 1.82) is 0 Å². The van der Waals surface area contributed by atoms with Crippen molar-refractivity contribution in [3.05, 3.63) is 46.4 Å². The molecule has 1 atom stereocenters. The van der Waals surface area contributed by atoms with E-state index in [2.05, 4.69) is 47.1 Å². The van der Waals surface area contributed by atoms with Crippen molar-refractivity contribution in [2.45, 2.75) is 50.0 Å². The zero-order chi connectivity index (χ0) is 20.3. The minimum Gasteiger partial charge on any atom is -0.396 e. The molecular formula is C23H32N2O3S. The van der Waals surface area contributed by atoms with E-state index in [0.29, 0.717) is 13.0 Å². The fourth-order valence-corrected chi connectivity index (χ4v) is 5.76. The van der Waals surface area contributed by atoms with Crippen LogP contribution >= 0.6 is 11.8 Å². The summed E-state index contributed by atoms with van der Waals surface area (Å²) in [5, 5.41) is 9.23. The number of nitrogens with zero attached hydrogens (tertiary/aromatic N) is 2. The van der Waals surface area contributed by atoms with Crippen molar-refractivity contribution >= 4 is 17.7 Å². The zero-order valence-electron chi connectivity index (χ0n) is 17.3. The highest BCUT2D eigenvalue weighted by Gasteiger charge is 2.42. The molecule has 3 aliphatic heterocycles. The molecule has 3 heterocycles. The number of carbonyl (C=O) groups excluding carboxylic acids is 1. The molecule has 0 saturated carbocycles. The number of allylic oxidation sites excluding steroid dienone is 2. The maximum Gasteiger partial charge on any atom is 0.236 e. The lowest BCUT2D eigenvalue weighted by atomic mass is 9.89. The summed E-state index contributed by atoms with van der Waals surface area (Å²) in [6.45, 7) is 7.31. The lowest BCUT2D eigenvalue weighted by Crippen LogP contribution is -2.58. The molecule has 1 unspecified atom stereocenters. The van der Waals surface area contributed by atoms with Crippen LogP contribution in [-0.2, 0) is 22.5 Å². The van der Waals surface area contributed by atoms with E-state index >= 15 is 0 Å². The SMILES string of the molecule is CC1=CCC(C(=O)N2CCOC3(CCN(Cc4cccc(CCO)c4)CC3)C2)S1. The first-order valence-electron chi connectivity index (χ1n) is 10.7. The Labute approximate surface area is 178 Å². The lowest BCUT2D eigenvalue weighted by molar-refractivity contribution is -0.159. The van der Waals surface area contributed by atoms with Crippen molar-refractivity contribution in [2.75, 3.05) is 39.4 Å². The van der Waals surface area contributed by atoms with Crippen molar-refractivity contribution in [1.82, 2.24) is 9.80 Å². The molecule has 5 nitrogen and oxygen atoms in total. The third kappa shape index (κ3) is 5.05. The highest BCUT2D eigenvalue weighted by atomic mass is 32.2. The Balaban J connectivity index is 1.31. The number of amides is 1. The molecule has 0 bridgehead atoms. The van der Waals surface area contributed by atoms with Gasteiger partial charge in [0.15, 0.2) is 0 Å². The molecule has 158 valence electrons. The largest absolute Gasteiger partial charge is 0.396 e. The van der Waals surface area contributed by atoms with Gasteiger partial charge in [-0.25, -0.2) is 0 Å². The van der Waals surface area contributed by atoms with E-state index in [1.807, 2.05) is 0 Å². The van der Waals surface area contributed by atoms with E-state index in [1.54, 1.807) is 11.8 Å². The molecule has 2 fully saturated rings. The van der Waals surface area contributed by atoms with Crippen LogP contribution in [0.15, 0.2) is 35.2 Å². The second-order valence-corrected chi connectivity index (χ2v) is 9.97. The van der Waals surface area contributed by atoms with Crippen LogP contribution in [-0.4, -0.2) is 71.1 Å². The van der Waals surface area contributed by atoms with Crippen LogP contribution in [0.5, 0.6) is 0 Å². The number of piperidine rings is 1. The van der Waals surface area contributed by atoms with E-state index in [-0.39, 0.29) is 23.4 Å². The molecule has 1 N–H and O–H groups in total.